The number of piperidine rings is 1. The highest BCUT2D eigenvalue weighted by atomic mass is 17.3. The minimum atomic E-state index is -0.475. The first-order valence-corrected chi connectivity index (χ1v) is 9.71. The van der Waals surface area contributed by atoms with Gasteiger partial charge in [-0.15, -0.1) is 0 Å². The van der Waals surface area contributed by atoms with Crippen LogP contribution in [0.3, 0.4) is 0 Å². The zero-order chi connectivity index (χ0) is 15.9. The molecule has 6 aliphatic rings. The standard InChI is InChI=1S/C19H31NO3/c1-17(2,3)20-6-4-18(5-7-20)21-19(23-22-18)15-9-13-8-14(11-15)12-16(19)10-13/h13-16H,4-12H2,1-3H3. The lowest BCUT2D eigenvalue weighted by Crippen LogP contribution is -2.60. The Kier molecular flexibility index (Phi) is 3.10. The summed E-state index contributed by atoms with van der Waals surface area (Å²) in [5, 5.41) is 0. The first-order valence-electron chi connectivity index (χ1n) is 9.71. The highest BCUT2D eigenvalue weighted by Crippen LogP contribution is 2.63. The predicted molar refractivity (Wildman–Crippen MR) is 86.3 cm³/mol. The Labute approximate surface area is 139 Å². The lowest BCUT2D eigenvalue weighted by Gasteiger charge is -2.57. The van der Waals surface area contributed by atoms with Gasteiger partial charge in [-0.2, -0.15) is 9.78 Å². The highest BCUT2D eigenvalue weighted by molar-refractivity contribution is 5.05. The lowest BCUT2D eigenvalue weighted by molar-refractivity contribution is -0.390. The largest absolute Gasteiger partial charge is 0.312 e. The summed E-state index contributed by atoms with van der Waals surface area (Å²) >= 11 is 0. The van der Waals surface area contributed by atoms with Gasteiger partial charge in [0, 0.05) is 43.3 Å². The molecule has 0 amide bonds. The molecule has 130 valence electrons. The summed E-state index contributed by atoms with van der Waals surface area (Å²) in [6, 6.07) is 0. The maximum Gasteiger partial charge on any atom is 0.210 e. The van der Waals surface area contributed by atoms with Crippen molar-refractivity contribution in [2.75, 3.05) is 13.1 Å². The van der Waals surface area contributed by atoms with Crippen LogP contribution in [0.25, 0.3) is 0 Å². The third-order valence-electron chi connectivity index (χ3n) is 7.42. The molecule has 0 unspecified atom stereocenters. The number of likely N-dealkylation sites (tertiary alicyclic amines) is 1. The molecule has 0 aromatic heterocycles. The molecule has 6 fully saturated rings. The van der Waals surface area contributed by atoms with Gasteiger partial charge < -0.3 is 4.74 Å². The van der Waals surface area contributed by atoms with E-state index in [0.717, 1.165) is 37.8 Å². The maximum absolute atomic E-state index is 6.74. The van der Waals surface area contributed by atoms with Crippen molar-refractivity contribution >= 4 is 0 Å². The molecule has 0 radical (unpaired) electrons. The first kappa shape index (κ1) is 15.1. The van der Waals surface area contributed by atoms with Gasteiger partial charge in [0.05, 0.1) is 0 Å². The van der Waals surface area contributed by atoms with E-state index < -0.39 is 11.6 Å². The molecule has 4 nitrogen and oxygen atoms in total. The van der Waals surface area contributed by atoms with Crippen LogP contribution < -0.4 is 0 Å². The average Bonchev–Trinajstić information content (AvgIpc) is 2.84. The molecule has 4 bridgehead atoms. The van der Waals surface area contributed by atoms with Crippen LogP contribution in [0.15, 0.2) is 0 Å². The van der Waals surface area contributed by atoms with E-state index in [-0.39, 0.29) is 5.54 Å². The van der Waals surface area contributed by atoms with Crippen molar-refractivity contribution in [1.29, 1.82) is 0 Å². The van der Waals surface area contributed by atoms with E-state index in [0.29, 0.717) is 11.8 Å². The summed E-state index contributed by atoms with van der Waals surface area (Å²) in [5.41, 5.74) is 0.224. The van der Waals surface area contributed by atoms with Gasteiger partial charge in [-0.05, 0) is 64.7 Å². The molecule has 6 rings (SSSR count). The second-order valence-corrected chi connectivity index (χ2v) is 9.86. The van der Waals surface area contributed by atoms with Gasteiger partial charge >= 0.3 is 0 Å². The quantitative estimate of drug-likeness (QED) is 0.637. The fraction of sp³-hybridized carbons (Fsp3) is 1.00. The van der Waals surface area contributed by atoms with Crippen LogP contribution in [0.1, 0.15) is 65.7 Å². The number of nitrogens with zero attached hydrogens (tertiary/aromatic N) is 1. The molecule has 4 aliphatic carbocycles. The lowest BCUT2D eigenvalue weighted by atomic mass is 9.53. The Hall–Kier alpha value is -0.160. The minimum absolute atomic E-state index is 0.224. The number of hydrogen-bond donors (Lipinski definition) is 0. The Morgan fingerprint density at radius 3 is 1.91 bits per heavy atom. The summed E-state index contributed by atoms with van der Waals surface area (Å²) in [7, 11) is 0. The molecule has 2 heterocycles. The molecule has 4 saturated carbocycles. The zero-order valence-corrected chi connectivity index (χ0v) is 14.8. The molecule has 23 heavy (non-hydrogen) atoms. The maximum atomic E-state index is 6.74. The number of rotatable bonds is 0. The van der Waals surface area contributed by atoms with E-state index in [2.05, 4.69) is 25.7 Å². The van der Waals surface area contributed by atoms with Crippen molar-refractivity contribution in [3.63, 3.8) is 0 Å². The smallest absolute Gasteiger partial charge is 0.210 e. The molecule has 4 heteroatoms. The van der Waals surface area contributed by atoms with Crippen LogP contribution in [-0.2, 0) is 14.5 Å². The van der Waals surface area contributed by atoms with Gasteiger partial charge in [0.15, 0.2) is 0 Å². The van der Waals surface area contributed by atoms with Crippen LogP contribution in [0, 0.1) is 23.7 Å². The first-order chi connectivity index (χ1) is 10.9. The van der Waals surface area contributed by atoms with Crippen molar-refractivity contribution < 1.29 is 14.5 Å². The van der Waals surface area contributed by atoms with Crippen molar-refractivity contribution in [3.05, 3.63) is 0 Å². The third-order valence-corrected chi connectivity index (χ3v) is 7.42. The van der Waals surface area contributed by atoms with Crippen LogP contribution in [0.2, 0.25) is 0 Å². The Morgan fingerprint density at radius 1 is 0.826 bits per heavy atom. The van der Waals surface area contributed by atoms with E-state index in [1.165, 1.54) is 32.1 Å². The molecule has 2 aliphatic heterocycles. The molecular formula is C19H31NO3. The molecule has 0 aromatic carbocycles. The van der Waals surface area contributed by atoms with Crippen LogP contribution >= 0.6 is 0 Å². The summed E-state index contributed by atoms with van der Waals surface area (Å²) in [6.07, 6.45) is 8.48. The SMILES string of the molecule is CC(C)(C)N1CCC2(CC1)OOC1(O2)C2CC3CC(C2)CC1C3. The average molecular weight is 321 g/mol. The topological polar surface area (TPSA) is 30.9 Å². The van der Waals surface area contributed by atoms with Gasteiger partial charge in [0.25, 0.3) is 0 Å². The fourth-order valence-corrected chi connectivity index (χ4v) is 6.31. The van der Waals surface area contributed by atoms with Gasteiger partial charge in [0.1, 0.15) is 0 Å². The Bertz CT molecular complexity index is 461. The summed E-state index contributed by atoms with van der Waals surface area (Å²) < 4.78 is 6.74. The molecular weight excluding hydrogens is 290 g/mol. The summed E-state index contributed by atoms with van der Waals surface area (Å²) in [4.78, 5) is 14.6. The predicted octanol–water partition coefficient (Wildman–Crippen LogP) is 3.71. The van der Waals surface area contributed by atoms with E-state index in [1.807, 2.05) is 0 Å². The van der Waals surface area contributed by atoms with Gasteiger partial charge in [-0.3, -0.25) is 4.90 Å². The van der Waals surface area contributed by atoms with Crippen LogP contribution in [-0.4, -0.2) is 35.1 Å². The molecule has 0 atom stereocenters. The van der Waals surface area contributed by atoms with E-state index in [4.69, 9.17) is 14.5 Å². The minimum Gasteiger partial charge on any atom is -0.312 e. The van der Waals surface area contributed by atoms with E-state index in [1.54, 1.807) is 0 Å². The van der Waals surface area contributed by atoms with E-state index >= 15 is 0 Å². The second-order valence-electron chi connectivity index (χ2n) is 9.86. The zero-order valence-electron chi connectivity index (χ0n) is 14.8. The van der Waals surface area contributed by atoms with Crippen LogP contribution in [0.4, 0.5) is 0 Å². The van der Waals surface area contributed by atoms with E-state index in [9.17, 15) is 0 Å². The monoisotopic (exact) mass is 321 g/mol. The molecule has 2 saturated heterocycles. The fourth-order valence-electron chi connectivity index (χ4n) is 6.31. The Morgan fingerprint density at radius 2 is 1.39 bits per heavy atom. The number of hydrogen-bond acceptors (Lipinski definition) is 4. The van der Waals surface area contributed by atoms with Crippen molar-refractivity contribution in [3.8, 4) is 0 Å². The third kappa shape index (κ3) is 2.18. The normalized spacial score (nSPS) is 48.7. The molecule has 0 aromatic rings. The number of ether oxygens (including phenoxy) is 1. The summed E-state index contributed by atoms with van der Waals surface area (Å²) in [6.45, 7) is 8.93. The van der Waals surface area contributed by atoms with Crippen molar-refractivity contribution in [2.45, 2.75) is 82.8 Å². The van der Waals surface area contributed by atoms with Crippen molar-refractivity contribution in [2.24, 2.45) is 23.7 Å². The van der Waals surface area contributed by atoms with Crippen molar-refractivity contribution in [1.82, 2.24) is 4.90 Å². The van der Waals surface area contributed by atoms with Gasteiger partial charge in [0.2, 0.25) is 11.6 Å². The summed E-state index contributed by atoms with van der Waals surface area (Å²) in [5.74, 6) is 2.11. The highest BCUT2D eigenvalue weighted by Gasteiger charge is 2.66. The Balaban J connectivity index is 1.34. The molecule has 2 spiro atoms. The molecule has 0 N–H and O–H groups in total. The van der Waals surface area contributed by atoms with Gasteiger partial charge in [-0.25, -0.2) is 0 Å². The van der Waals surface area contributed by atoms with Crippen LogP contribution in [0.5, 0.6) is 0 Å². The second kappa shape index (κ2) is 4.72. The van der Waals surface area contributed by atoms with Gasteiger partial charge in [-0.1, -0.05) is 0 Å².